The van der Waals surface area contributed by atoms with Crippen LogP contribution in [0.1, 0.15) is 12.5 Å². The van der Waals surface area contributed by atoms with Crippen LogP contribution in [0.15, 0.2) is 18.2 Å². The van der Waals surface area contributed by atoms with Gasteiger partial charge >= 0.3 is 0 Å². The number of carbonyl (C=O) groups excluding carboxylic acids is 1. The summed E-state index contributed by atoms with van der Waals surface area (Å²) in [6, 6.07) is 4.60. The van der Waals surface area contributed by atoms with Crippen molar-refractivity contribution in [3.63, 3.8) is 0 Å². The van der Waals surface area contributed by atoms with E-state index in [1.807, 2.05) is 0 Å². The van der Waals surface area contributed by atoms with Crippen molar-refractivity contribution in [1.82, 2.24) is 0 Å². The molecular weight excluding hydrogens is 266 g/mol. The number of Topliss-reactive ketones (excluding diaryl/α,β-unsaturated/α-hetero) is 1. The van der Waals surface area contributed by atoms with Crippen molar-refractivity contribution >= 4 is 52.2 Å². The number of ketones is 1. The summed E-state index contributed by atoms with van der Waals surface area (Å²) in [5, 5.41) is 0.740. The highest BCUT2D eigenvalue weighted by atomic mass is 35.5. The van der Waals surface area contributed by atoms with Crippen LogP contribution >= 0.6 is 46.4 Å². The minimum atomic E-state index is -1.61. The Morgan fingerprint density at radius 1 is 1.29 bits per heavy atom. The monoisotopic (exact) mass is 270 g/mol. The Morgan fingerprint density at radius 2 is 1.86 bits per heavy atom. The van der Waals surface area contributed by atoms with Crippen LogP contribution in [0.3, 0.4) is 0 Å². The number of rotatable bonds is 2. The molecule has 0 aliphatic carbocycles. The normalized spacial score (nSPS) is 11.5. The molecule has 1 aromatic rings. The lowest BCUT2D eigenvalue weighted by Crippen LogP contribution is -2.20. The van der Waals surface area contributed by atoms with Gasteiger partial charge in [-0.3, -0.25) is 4.79 Å². The summed E-state index contributed by atoms with van der Waals surface area (Å²) in [5.41, 5.74) is 0.347. The number of hydrogen-bond donors (Lipinski definition) is 0. The quantitative estimate of drug-likeness (QED) is 0.737. The standard InChI is InChI=1S/C9H6Cl4O/c1-5(14)9(12,13)7-3-2-6(10)4-8(7)11/h2-4H,1H3. The minimum absolute atomic E-state index is 0.276. The number of halogens is 4. The van der Waals surface area contributed by atoms with Crippen LogP contribution in [0, 0.1) is 0 Å². The van der Waals surface area contributed by atoms with Crippen molar-refractivity contribution in [3.8, 4) is 0 Å². The summed E-state index contributed by atoms with van der Waals surface area (Å²) >= 11 is 23.2. The van der Waals surface area contributed by atoms with Crippen LogP contribution < -0.4 is 0 Å². The molecule has 0 aromatic heterocycles. The van der Waals surface area contributed by atoms with Crippen molar-refractivity contribution < 1.29 is 4.79 Å². The molecule has 0 saturated heterocycles. The lowest BCUT2D eigenvalue weighted by molar-refractivity contribution is -0.117. The van der Waals surface area contributed by atoms with Crippen LogP contribution in [0.25, 0.3) is 0 Å². The van der Waals surface area contributed by atoms with Crippen LogP contribution in [0.4, 0.5) is 0 Å². The van der Waals surface area contributed by atoms with Gasteiger partial charge in [-0.1, -0.05) is 52.5 Å². The molecule has 1 rings (SSSR count). The molecule has 0 unspecified atom stereocenters. The Balaban J connectivity index is 3.26. The number of hydrogen-bond acceptors (Lipinski definition) is 1. The van der Waals surface area contributed by atoms with Gasteiger partial charge < -0.3 is 0 Å². The summed E-state index contributed by atoms with van der Waals surface area (Å²) in [7, 11) is 0. The molecule has 0 spiro atoms. The minimum Gasteiger partial charge on any atom is -0.296 e. The third kappa shape index (κ3) is 2.34. The zero-order valence-electron chi connectivity index (χ0n) is 7.15. The average molecular weight is 272 g/mol. The fourth-order valence-electron chi connectivity index (χ4n) is 0.934. The Morgan fingerprint density at radius 3 is 2.29 bits per heavy atom. The SMILES string of the molecule is CC(=O)C(Cl)(Cl)c1ccc(Cl)cc1Cl. The Bertz CT molecular complexity index is 373. The summed E-state index contributed by atoms with van der Waals surface area (Å²) in [4.78, 5) is 11.1. The van der Waals surface area contributed by atoms with E-state index in [1.165, 1.54) is 19.1 Å². The van der Waals surface area contributed by atoms with Gasteiger partial charge in [-0.2, -0.15) is 0 Å². The number of benzene rings is 1. The van der Waals surface area contributed by atoms with Crippen LogP contribution in [-0.4, -0.2) is 5.78 Å². The zero-order chi connectivity index (χ0) is 10.9. The second kappa shape index (κ2) is 4.28. The third-order valence-electron chi connectivity index (χ3n) is 1.71. The van der Waals surface area contributed by atoms with Gasteiger partial charge in [-0.25, -0.2) is 0 Å². The highest BCUT2D eigenvalue weighted by Crippen LogP contribution is 2.39. The maximum atomic E-state index is 11.1. The van der Waals surface area contributed by atoms with Crippen molar-refractivity contribution in [3.05, 3.63) is 33.8 Å². The van der Waals surface area contributed by atoms with E-state index in [2.05, 4.69) is 0 Å². The smallest absolute Gasteiger partial charge is 0.201 e. The van der Waals surface area contributed by atoms with E-state index in [4.69, 9.17) is 46.4 Å². The van der Waals surface area contributed by atoms with Gasteiger partial charge in [0.15, 0.2) is 5.78 Å². The van der Waals surface area contributed by atoms with E-state index < -0.39 is 4.33 Å². The lowest BCUT2D eigenvalue weighted by Gasteiger charge is -2.17. The second-order valence-electron chi connectivity index (χ2n) is 2.75. The van der Waals surface area contributed by atoms with Gasteiger partial charge in [0.2, 0.25) is 4.33 Å². The van der Waals surface area contributed by atoms with Gasteiger partial charge in [0, 0.05) is 15.6 Å². The van der Waals surface area contributed by atoms with Gasteiger partial charge in [0.25, 0.3) is 0 Å². The van der Waals surface area contributed by atoms with E-state index >= 15 is 0 Å². The molecule has 0 amide bonds. The first-order valence-electron chi connectivity index (χ1n) is 3.70. The predicted octanol–water partition coefficient (Wildman–Crippen LogP) is 4.21. The molecule has 0 N–H and O–H groups in total. The van der Waals surface area contributed by atoms with E-state index in [0.29, 0.717) is 10.6 Å². The van der Waals surface area contributed by atoms with Crippen LogP contribution in [0.2, 0.25) is 10.0 Å². The summed E-state index contributed by atoms with van der Waals surface area (Å²) in [5.74, 6) is -0.384. The molecule has 0 aliphatic rings. The Labute approximate surface area is 102 Å². The molecule has 0 bridgehead atoms. The first-order valence-corrected chi connectivity index (χ1v) is 5.21. The van der Waals surface area contributed by atoms with Crippen molar-refractivity contribution in [1.29, 1.82) is 0 Å². The molecule has 5 heteroatoms. The van der Waals surface area contributed by atoms with Crippen LogP contribution in [0.5, 0.6) is 0 Å². The molecule has 76 valence electrons. The van der Waals surface area contributed by atoms with E-state index in [9.17, 15) is 4.79 Å². The largest absolute Gasteiger partial charge is 0.296 e. The van der Waals surface area contributed by atoms with Crippen molar-refractivity contribution in [2.24, 2.45) is 0 Å². The fraction of sp³-hybridized carbons (Fsp3) is 0.222. The molecule has 0 radical (unpaired) electrons. The van der Waals surface area contributed by atoms with E-state index in [0.717, 1.165) is 0 Å². The number of carbonyl (C=O) groups is 1. The molecule has 0 saturated carbocycles. The zero-order valence-corrected chi connectivity index (χ0v) is 10.2. The summed E-state index contributed by atoms with van der Waals surface area (Å²) < 4.78 is -1.61. The molecule has 0 atom stereocenters. The maximum absolute atomic E-state index is 11.1. The van der Waals surface area contributed by atoms with Gasteiger partial charge in [0.1, 0.15) is 0 Å². The first-order chi connectivity index (χ1) is 6.35. The predicted molar refractivity (Wildman–Crippen MR) is 60.5 cm³/mol. The van der Waals surface area contributed by atoms with Crippen LogP contribution in [-0.2, 0) is 9.13 Å². The highest BCUT2D eigenvalue weighted by molar-refractivity contribution is 6.58. The average Bonchev–Trinajstić information content (AvgIpc) is 2.02. The summed E-state index contributed by atoms with van der Waals surface area (Å²) in [6.07, 6.45) is 0. The number of alkyl halides is 2. The molecule has 0 fully saturated rings. The van der Waals surface area contributed by atoms with Crippen molar-refractivity contribution in [2.75, 3.05) is 0 Å². The maximum Gasteiger partial charge on any atom is 0.201 e. The molecule has 1 aromatic carbocycles. The van der Waals surface area contributed by atoms with Gasteiger partial charge in [0.05, 0.1) is 0 Å². The van der Waals surface area contributed by atoms with Crippen molar-refractivity contribution in [2.45, 2.75) is 11.3 Å². The third-order valence-corrected chi connectivity index (χ3v) is 3.20. The Kier molecular flexibility index (Phi) is 3.70. The first kappa shape index (κ1) is 12.1. The molecule has 0 heterocycles. The second-order valence-corrected chi connectivity index (χ2v) is 4.93. The van der Waals surface area contributed by atoms with Gasteiger partial charge in [-0.15, -0.1) is 0 Å². The molecule has 14 heavy (non-hydrogen) atoms. The van der Waals surface area contributed by atoms with Gasteiger partial charge in [-0.05, 0) is 19.1 Å². The highest BCUT2D eigenvalue weighted by Gasteiger charge is 2.34. The molecule has 1 nitrogen and oxygen atoms in total. The summed E-state index contributed by atoms with van der Waals surface area (Å²) in [6.45, 7) is 1.30. The molecule has 0 aliphatic heterocycles. The van der Waals surface area contributed by atoms with E-state index in [-0.39, 0.29) is 10.8 Å². The lowest BCUT2D eigenvalue weighted by atomic mass is 10.1. The molecular formula is C9H6Cl4O. The topological polar surface area (TPSA) is 17.1 Å². The fourth-order valence-corrected chi connectivity index (χ4v) is 1.91. The van der Waals surface area contributed by atoms with E-state index in [1.54, 1.807) is 6.07 Å². The Hall–Kier alpha value is 0.0500.